The van der Waals surface area contributed by atoms with E-state index in [9.17, 15) is 0 Å². The molecule has 0 saturated heterocycles. The van der Waals surface area contributed by atoms with Crippen molar-refractivity contribution in [2.75, 3.05) is 6.61 Å². The molecule has 0 fully saturated rings. The Kier molecular flexibility index (Phi) is 2.50. The molecule has 3 heterocycles. The third-order valence-corrected chi connectivity index (χ3v) is 3.81. The number of ether oxygens (including phenoxy) is 1. The third kappa shape index (κ3) is 1.77. The van der Waals surface area contributed by atoms with E-state index in [-0.39, 0.29) is 0 Å². The van der Waals surface area contributed by atoms with Crippen LogP contribution in [0.2, 0.25) is 0 Å². The average molecular weight is 285 g/mol. The van der Waals surface area contributed by atoms with E-state index in [0.29, 0.717) is 11.8 Å². The van der Waals surface area contributed by atoms with Crippen LogP contribution in [-0.2, 0) is 0 Å². The molecule has 0 atom stereocenters. The van der Waals surface area contributed by atoms with E-state index in [2.05, 4.69) is 10.1 Å². The van der Waals surface area contributed by atoms with Gasteiger partial charge < -0.3 is 9.15 Å². The molecule has 0 aliphatic heterocycles. The SMILES string of the molecule is CCOc1nn2cc(-c3cc4ccccc4o3)nc2s1. The fraction of sp³-hybridized carbons (Fsp3) is 0.143. The summed E-state index contributed by atoms with van der Waals surface area (Å²) in [5.41, 5.74) is 1.64. The molecule has 0 unspecified atom stereocenters. The number of benzene rings is 1. The lowest BCUT2D eigenvalue weighted by Crippen LogP contribution is -1.91. The van der Waals surface area contributed by atoms with Gasteiger partial charge in [0.1, 0.15) is 11.3 Å². The monoisotopic (exact) mass is 285 g/mol. The van der Waals surface area contributed by atoms with Gasteiger partial charge in [0, 0.05) is 5.39 Å². The van der Waals surface area contributed by atoms with Gasteiger partial charge in [0.15, 0.2) is 5.76 Å². The lowest BCUT2D eigenvalue weighted by Gasteiger charge is -1.92. The number of para-hydroxylation sites is 1. The highest BCUT2D eigenvalue weighted by molar-refractivity contribution is 7.18. The van der Waals surface area contributed by atoms with Gasteiger partial charge in [-0.05, 0) is 30.4 Å². The summed E-state index contributed by atoms with van der Waals surface area (Å²) in [5, 5.41) is 6.01. The van der Waals surface area contributed by atoms with E-state index >= 15 is 0 Å². The molecule has 0 N–H and O–H groups in total. The van der Waals surface area contributed by atoms with Crippen molar-refractivity contribution in [3.63, 3.8) is 0 Å². The summed E-state index contributed by atoms with van der Waals surface area (Å²) in [6, 6.07) is 9.90. The van der Waals surface area contributed by atoms with Gasteiger partial charge in [-0.15, -0.1) is 5.10 Å². The van der Waals surface area contributed by atoms with Crippen molar-refractivity contribution in [2.24, 2.45) is 0 Å². The van der Waals surface area contributed by atoms with Gasteiger partial charge in [-0.3, -0.25) is 0 Å². The van der Waals surface area contributed by atoms with Gasteiger partial charge >= 0.3 is 0 Å². The number of furan rings is 1. The van der Waals surface area contributed by atoms with Crippen LogP contribution in [0.5, 0.6) is 5.19 Å². The Morgan fingerprint density at radius 1 is 1.35 bits per heavy atom. The van der Waals surface area contributed by atoms with Crippen LogP contribution in [0.15, 0.2) is 40.9 Å². The van der Waals surface area contributed by atoms with Gasteiger partial charge in [0.2, 0.25) is 4.96 Å². The van der Waals surface area contributed by atoms with Gasteiger partial charge in [-0.1, -0.05) is 18.2 Å². The number of nitrogens with zero attached hydrogens (tertiary/aromatic N) is 3. The lowest BCUT2D eigenvalue weighted by molar-refractivity contribution is 0.334. The highest BCUT2D eigenvalue weighted by Crippen LogP contribution is 2.29. The Bertz CT molecular complexity index is 826. The van der Waals surface area contributed by atoms with E-state index < -0.39 is 0 Å². The quantitative estimate of drug-likeness (QED) is 0.577. The van der Waals surface area contributed by atoms with Crippen LogP contribution < -0.4 is 4.74 Å². The predicted molar refractivity (Wildman–Crippen MR) is 77.2 cm³/mol. The van der Waals surface area contributed by atoms with E-state index in [4.69, 9.17) is 9.15 Å². The maximum Gasteiger partial charge on any atom is 0.294 e. The van der Waals surface area contributed by atoms with E-state index in [0.717, 1.165) is 27.4 Å². The fourth-order valence-corrected chi connectivity index (χ4v) is 2.88. The topological polar surface area (TPSA) is 52.6 Å². The Labute approximate surface area is 118 Å². The summed E-state index contributed by atoms with van der Waals surface area (Å²) in [4.78, 5) is 5.32. The molecule has 3 aromatic heterocycles. The number of hydrogen-bond acceptors (Lipinski definition) is 5. The van der Waals surface area contributed by atoms with Crippen molar-refractivity contribution in [1.29, 1.82) is 0 Å². The van der Waals surface area contributed by atoms with Crippen molar-refractivity contribution < 1.29 is 9.15 Å². The Balaban J connectivity index is 1.79. The number of hydrogen-bond donors (Lipinski definition) is 0. The van der Waals surface area contributed by atoms with Crippen molar-refractivity contribution in [3.8, 4) is 16.6 Å². The molecule has 0 amide bonds. The molecule has 1 aromatic carbocycles. The molecule has 0 saturated carbocycles. The average Bonchev–Trinajstić information content (AvgIpc) is 3.09. The van der Waals surface area contributed by atoms with Gasteiger partial charge in [-0.2, -0.15) is 0 Å². The van der Waals surface area contributed by atoms with Crippen LogP contribution in [-0.4, -0.2) is 21.2 Å². The normalized spacial score (nSPS) is 11.4. The summed E-state index contributed by atoms with van der Waals surface area (Å²) >= 11 is 1.42. The first-order valence-corrected chi connectivity index (χ1v) is 7.13. The van der Waals surface area contributed by atoms with Gasteiger partial charge in [-0.25, -0.2) is 9.50 Å². The van der Waals surface area contributed by atoms with Crippen LogP contribution in [0, 0.1) is 0 Å². The molecule has 4 aromatic rings. The zero-order chi connectivity index (χ0) is 13.5. The van der Waals surface area contributed by atoms with Crippen molar-refractivity contribution >= 4 is 27.3 Å². The van der Waals surface area contributed by atoms with Crippen LogP contribution in [0.3, 0.4) is 0 Å². The van der Waals surface area contributed by atoms with Gasteiger partial charge in [0.25, 0.3) is 5.19 Å². The molecule has 20 heavy (non-hydrogen) atoms. The first-order valence-electron chi connectivity index (χ1n) is 6.31. The summed E-state index contributed by atoms with van der Waals surface area (Å²) in [5.74, 6) is 0.752. The van der Waals surface area contributed by atoms with E-state index in [1.54, 1.807) is 4.52 Å². The smallest absolute Gasteiger partial charge is 0.294 e. The zero-order valence-corrected chi connectivity index (χ0v) is 11.6. The second kappa shape index (κ2) is 4.35. The van der Waals surface area contributed by atoms with Crippen LogP contribution in [0.4, 0.5) is 0 Å². The van der Waals surface area contributed by atoms with Crippen molar-refractivity contribution in [2.45, 2.75) is 6.92 Å². The fourth-order valence-electron chi connectivity index (χ4n) is 2.09. The lowest BCUT2D eigenvalue weighted by atomic mass is 10.2. The van der Waals surface area contributed by atoms with Crippen molar-refractivity contribution in [1.82, 2.24) is 14.6 Å². The summed E-state index contributed by atoms with van der Waals surface area (Å²) in [7, 11) is 0. The Morgan fingerprint density at radius 2 is 2.25 bits per heavy atom. The molecule has 4 rings (SSSR count). The minimum Gasteiger partial charge on any atom is -0.469 e. The van der Waals surface area contributed by atoms with E-state index in [1.807, 2.05) is 43.5 Å². The predicted octanol–water partition coefficient (Wildman–Crippen LogP) is 3.60. The van der Waals surface area contributed by atoms with E-state index in [1.165, 1.54) is 11.3 Å². The van der Waals surface area contributed by atoms with Crippen molar-refractivity contribution in [3.05, 3.63) is 36.5 Å². The van der Waals surface area contributed by atoms with Crippen LogP contribution >= 0.6 is 11.3 Å². The van der Waals surface area contributed by atoms with Crippen LogP contribution in [0.1, 0.15) is 6.92 Å². The summed E-state index contributed by atoms with van der Waals surface area (Å²) in [6.07, 6.45) is 1.85. The number of fused-ring (bicyclic) bond motifs is 2. The minimum absolute atomic E-state index is 0.604. The molecule has 6 heteroatoms. The molecule has 0 radical (unpaired) electrons. The van der Waals surface area contributed by atoms with Crippen LogP contribution in [0.25, 0.3) is 27.4 Å². The Hall–Kier alpha value is -2.34. The zero-order valence-electron chi connectivity index (χ0n) is 10.7. The molecular weight excluding hydrogens is 274 g/mol. The maximum absolute atomic E-state index is 5.80. The molecule has 0 aliphatic rings. The number of aromatic nitrogens is 3. The number of rotatable bonds is 3. The molecule has 0 spiro atoms. The van der Waals surface area contributed by atoms with Gasteiger partial charge in [0.05, 0.1) is 12.8 Å². The molecule has 5 nitrogen and oxygen atoms in total. The standard InChI is InChI=1S/C14H11N3O2S/c1-2-18-14-16-17-8-10(15-13(17)20-14)12-7-9-5-3-4-6-11(9)19-12/h3-8H,2H2,1H3. The summed E-state index contributed by atoms with van der Waals surface area (Å²) < 4.78 is 12.9. The highest BCUT2D eigenvalue weighted by atomic mass is 32.1. The molecule has 0 bridgehead atoms. The summed E-state index contributed by atoms with van der Waals surface area (Å²) in [6.45, 7) is 2.54. The first-order chi connectivity index (χ1) is 9.83. The largest absolute Gasteiger partial charge is 0.469 e. The molecule has 0 aliphatic carbocycles. The first kappa shape index (κ1) is 11.5. The number of imidazole rings is 1. The molecule has 100 valence electrons. The maximum atomic E-state index is 5.80. The highest BCUT2D eigenvalue weighted by Gasteiger charge is 2.13. The Morgan fingerprint density at radius 3 is 3.05 bits per heavy atom. The minimum atomic E-state index is 0.604. The second-order valence-electron chi connectivity index (χ2n) is 4.30. The molecular formula is C14H11N3O2S. The third-order valence-electron chi connectivity index (χ3n) is 2.97. The second-order valence-corrected chi connectivity index (χ2v) is 5.22.